The summed E-state index contributed by atoms with van der Waals surface area (Å²) in [6.07, 6.45) is 2.56. The van der Waals surface area contributed by atoms with E-state index < -0.39 is 38.0 Å². The van der Waals surface area contributed by atoms with Crippen molar-refractivity contribution < 1.29 is 35.9 Å². The number of ether oxygens (including phenoxy) is 1. The van der Waals surface area contributed by atoms with Gasteiger partial charge in [-0.2, -0.15) is 14.7 Å². The van der Waals surface area contributed by atoms with Crippen LogP contribution in [0.3, 0.4) is 0 Å². The molecule has 194 valence electrons. The van der Waals surface area contributed by atoms with E-state index in [4.69, 9.17) is 19.5 Å². The Morgan fingerprint density at radius 2 is 1.78 bits per heavy atom. The number of primary sulfonamides is 1. The van der Waals surface area contributed by atoms with Gasteiger partial charge in [0.15, 0.2) is 17.5 Å². The standard InChI is InChI=1S/C22H25F3N4O3S.CO2/c1-12(2)15-9-16(23)20(25)19(13(15)3)14-6-7-27-18(8-14)32-11-22(4,5)29-10-17(24)21(28-29)33(26,30)31;2-1-3/h6-10,12H,11H2,1-5H3,(H2,26,30,31);. The van der Waals surface area contributed by atoms with Crippen molar-refractivity contribution in [2.75, 3.05) is 6.61 Å². The molecule has 3 rings (SSSR count). The van der Waals surface area contributed by atoms with Crippen molar-refractivity contribution in [3.05, 3.63) is 59.2 Å². The molecular formula is C23H25F3N4O5S. The normalized spacial score (nSPS) is 11.6. The summed E-state index contributed by atoms with van der Waals surface area (Å²) in [6, 6.07) is 4.23. The predicted octanol–water partition coefficient (Wildman–Crippen LogP) is 3.67. The van der Waals surface area contributed by atoms with E-state index in [1.165, 1.54) is 18.3 Å². The van der Waals surface area contributed by atoms with E-state index in [1.807, 2.05) is 13.8 Å². The summed E-state index contributed by atoms with van der Waals surface area (Å²) in [5, 5.41) is 7.83. The van der Waals surface area contributed by atoms with Gasteiger partial charge < -0.3 is 4.74 Å². The third-order valence-electron chi connectivity index (χ3n) is 5.27. The number of hydrogen-bond donors (Lipinski definition) is 1. The lowest BCUT2D eigenvalue weighted by atomic mass is 9.90. The lowest BCUT2D eigenvalue weighted by Gasteiger charge is -2.25. The Balaban J connectivity index is 0.00000145. The number of nitrogens with zero attached hydrogens (tertiary/aromatic N) is 3. The molecule has 0 amide bonds. The van der Waals surface area contributed by atoms with Gasteiger partial charge in [-0.1, -0.05) is 13.8 Å². The first-order valence-electron chi connectivity index (χ1n) is 10.5. The van der Waals surface area contributed by atoms with Gasteiger partial charge in [-0.25, -0.2) is 31.7 Å². The molecule has 2 N–H and O–H groups in total. The summed E-state index contributed by atoms with van der Waals surface area (Å²) in [6.45, 7) is 8.71. The molecule has 0 aliphatic rings. The monoisotopic (exact) mass is 526 g/mol. The van der Waals surface area contributed by atoms with Crippen molar-refractivity contribution in [2.24, 2.45) is 5.14 Å². The van der Waals surface area contributed by atoms with Gasteiger partial charge in [0, 0.05) is 17.8 Å². The third kappa shape index (κ3) is 6.36. The third-order valence-corrected chi connectivity index (χ3v) is 6.08. The van der Waals surface area contributed by atoms with Crippen molar-refractivity contribution in [2.45, 2.75) is 51.1 Å². The minimum absolute atomic E-state index is 0.00565. The van der Waals surface area contributed by atoms with E-state index in [1.54, 1.807) is 26.8 Å². The second kappa shape index (κ2) is 11.0. The van der Waals surface area contributed by atoms with Crippen molar-refractivity contribution in [3.63, 3.8) is 0 Å². The molecule has 0 bridgehead atoms. The molecule has 36 heavy (non-hydrogen) atoms. The van der Waals surface area contributed by atoms with Crippen LogP contribution >= 0.6 is 0 Å². The number of nitrogens with two attached hydrogens (primary N) is 1. The summed E-state index contributed by atoms with van der Waals surface area (Å²) in [5.41, 5.74) is 0.819. The zero-order valence-corrected chi connectivity index (χ0v) is 21.0. The number of aromatic nitrogens is 3. The predicted molar refractivity (Wildman–Crippen MR) is 122 cm³/mol. The average molecular weight is 527 g/mol. The number of rotatable bonds is 7. The fourth-order valence-electron chi connectivity index (χ4n) is 3.48. The van der Waals surface area contributed by atoms with Gasteiger partial charge in [0.05, 0.1) is 11.7 Å². The number of halogens is 3. The van der Waals surface area contributed by atoms with Crippen LogP contribution in [0.1, 0.15) is 44.7 Å². The van der Waals surface area contributed by atoms with Crippen LogP contribution in [-0.4, -0.2) is 35.9 Å². The van der Waals surface area contributed by atoms with Gasteiger partial charge in [0.25, 0.3) is 10.0 Å². The maximum absolute atomic E-state index is 14.7. The van der Waals surface area contributed by atoms with Crippen LogP contribution < -0.4 is 9.88 Å². The molecule has 1 aromatic carbocycles. The number of benzene rings is 1. The Labute approximate surface area is 206 Å². The summed E-state index contributed by atoms with van der Waals surface area (Å²) >= 11 is 0. The molecule has 0 atom stereocenters. The van der Waals surface area contributed by atoms with Gasteiger partial charge in [-0.15, -0.1) is 0 Å². The van der Waals surface area contributed by atoms with Crippen LogP contribution in [0.5, 0.6) is 5.88 Å². The molecule has 2 heterocycles. The quantitative estimate of drug-likeness (QED) is 0.496. The van der Waals surface area contributed by atoms with Crippen molar-refractivity contribution in [1.82, 2.24) is 14.8 Å². The smallest absolute Gasteiger partial charge is 0.373 e. The molecule has 0 saturated carbocycles. The zero-order chi connectivity index (χ0) is 27.4. The Morgan fingerprint density at radius 1 is 1.17 bits per heavy atom. The first kappa shape index (κ1) is 28.7. The number of carbonyl (C=O) groups excluding carboxylic acids is 2. The minimum atomic E-state index is -4.32. The van der Waals surface area contributed by atoms with E-state index in [9.17, 15) is 21.6 Å². The Hall–Kier alpha value is -3.54. The van der Waals surface area contributed by atoms with E-state index in [-0.39, 0.29) is 30.1 Å². The molecule has 0 radical (unpaired) electrons. The van der Waals surface area contributed by atoms with Crippen LogP contribution in [0.15, 0.2) is 35.6 Å². The zero-order valence-electron chi connectivity index (χ0n) is 20.2. The number of pyridine rings is 1. The summed E-state index contributed by atoms with van der Waals surface area (Å²) in [7, 11) is -4.32. The van der Waals surface area contributed by atoms with E-state index in [0.717, 1.165) is 10.9 Å². The highest BCUT2D eigenvalue weighted by Crippen LogP contribution is 2.34. The molecule has 2 aromatic heterocycles. The van der Waals surface area contributed by atoms with Gasteiger partial charge in [0.1, 0.15) is 6.61 Å². The topological polar surface area (TPSA) is 134 Å². The van der Waals surface area contributed by atoms with Gasteiger partial charge in [0.2, 0.25) is 10.9 Å². The van der Waals surface area contributed by atoms with Crippen molar-refractivity contribution in [3.8, 4) is 17.0 Å². The summed E-state index contributed by atoms with van der Waals surface area (Å²) in [4.78, 5) is 20.4. The van der Waals surface area contributed by atoms with E-state index in [0.29, 0.717) is 16.7 Å². The lowest BCUT2D eigenvalue weighted by Crippen LogP contribution is -2.34. The Kier molecular flexibility index (Phi) is 8.79. The van der Waals surface area contributed by atoms with Crippen LogP contribution in [0.2, 0.25) is 0 Å². The highest BCUT2D eigenvalue weighted by atomic mass is 32.2. The van der Waals surface area contributed by atoms with Crippen LogP contribution in [0.25, 0.3) is 11.1 Å². The maximum atomic E-state index is 14.7. The van der Waals surface area contributed by atoms with Crippen molar-refractivity contribution >= 4 is 16.2 Å². The lowest BCUT2D eigenvalue weighted by molar-refractivity contribution is -0.191. The molecule has 9 nitrogen and oxygen atoms in total. The fourth-order valence-corrected chi connectivity index (χ4v) is 4.01. The molecule has 0 fully saturated rings. The van der Waals surface area contributed by atoms with Crippen molar-refractivity contribution in [1.29, 1.82) is 0 Å². The van der Waals surface area contributed by atoms with E-state index >= 15 is 0 Å². The minimum Gasteiger partial charge on any atom is -0.475 e. The second-order valence-corrected chi connectivity index (χ2v) is 10.2. The summed E-state index contributed by atoms with van der Waals surface area (Å²) < 4.78 is 72.7. The Bertz CT molecular complexity index is 1400. The summed E-state index contributed by atoms with van der Waals surface area (Å²) in [5.74, 6) is -2.87. The molecule has 3 aromatic rings. The van der Waals surface area contributed by atoms with Crippen LogP contribution in [0.4, 0.5) is 13.2 Å². The average Bonchev–Trinajstić information content (AvgIpc) is 3.19. The van der Waals surface area contributed by atoms with Gasteiger partial charge in [-0.3, -0.25) is 4.68 Å². The molecule has 0 aliphatic heterocycles. The SMILES string of the molecule is Cc1c(C(C)C)cc(F)c(F)c1-c1ccnc(OCC(C)(C)n2cc(F)c(S(N)(=O)=O)n2)c1.O=C=O. The molecular weight excluding hydrogens is 501 g/mol. The first-order valence-corrected chi connectivity index (χ1v) is 12.0. The highest BCUT2D eigenvalue weighted by Gasteiger charge is 2.28. The number of sulfonamides is 1. The van der Waals surface area contributed by atoms with E-state index in [2.05, 4.69) is 10.1 Å². The van der Waals surface area contributed by atoms with Crippen LogP contribution in [-0.2, 0) is 25.2 Å². The fraction of sp³-hybridized carbons (Fsp3) is 0.348. The number of hydrogen-bond acceptors (Lipinski definition) is 7. The first-order chi connectivity index (χ1) is 16.6. The largest absolute Gasteiger partial charge is 0.475 e. The molecule has 0 spiro atoms. The molecule has 0 saturated heterocycles. The molecule has 0 unspecified atom stereocenters. The Morgan fingerprint density at radius 3 is 2.31 bits per heavy atom. The highest BCUT2D eigenvalue weighted by molar-refractivity contribution is 7.89. The maximum Gasteiger partial charge on any atom is 0.373 e. The van der Waals surface area contributed by atoms with Gasteiger partial charge in [-0.05, 0) is 55.5 Å². The van der Waals surface area contributed by atoms with Gasteiger partial charge >= 0.3 is 6.15 Å². The molecule has 13 heteroatoms. The molecule has 0 aliphatic carbocycles. The second-order valence-electron chi connectivity index (χ2n) is 8.76. The van der Waals surface area contributed by atoms with Crippen LogP contribution in [0, 0.1) is 24.4 Å².